The van der Waals surface area contributed by atoms with Crippen LogP contribution in [0.25, 0.3) is 0 Å². The molecule has 1 amide bonds. The molecule has 1 aliphatic heterocycles. The maximum Gasteiger partial charge on any atom is 0.410 e. The smallest absolute Gasteiger partial charge is 0.410 e. The molecule has 5 heteroatoms. The van der Waals surface area contributed by atoms with Crippen molar-refractivity contribution in [3.8, 4) is 0 Å². The molecule has 1 aliphatic rings. The number of methoxy groups -OCH3 is 1. The molecule has 1 fully saturated rings. The zero-order valence-electron chi connectivity index (χ0n) is 7.04. The average Bonchev–Trinajstić information content (AvgIpc) is 2.50. The number of hydrogen-bond donors (Lipinski definition) is 2. The van der Waals surface area contributed by atoms with Crippen molar-refractivity contribution in [3.63, 3.8) is 0 Å². The second-order valence-corrected chi connectivity index (χ2v) is 2.78. The molecule has 1 unspecified atom stereocenters. The molecule has 0 aromatic rings. The Bertz CT molecular complexity index is 205. The molecule has 5 nitrogen and oxygen atoms in total. The number of ether oxygens (including phenoxy) is 1. The van der Waals surface area contributed by atoms with Gasteiger partial charge in [-0.25, -0.2) is 4.79 Å². The van der Waals surface area contributed by atoms with E-state index in [9.17, 15) is 4.79 Å². The van der Waals surface area contributed by atoms with E-state index >= 15 is 0 Å². The SMILES string of the molecule is COC(=O)N1CCCC1C(=N)N. The first-order valence-electron chi connectivity index (χ1n) is 3.85. The molecule has 1 heterocycles. The van der Waals surface area contributed by atoms with Crippen molar-refractivity contribution in [1.82, 2.24) is 4.90 Å². The molecule has 68 valence electrons. The lowest BCUT2D eigenvalue weighted by molar-refractivity contribution is 0.127. The van der Waals surface area contributed by atoms with Crippen LogP contribution in [-0.2, 0) is 4.74 Å². The lowest BCUT2D eigenvalue weighted by atomic mass is 10.2. The summed E-state index contributed by atoms with van der Waals surface area (Å²) in [6.45, 7) is 0.636. The first-order valence-corrected chi connectivity index (χ1v) is 3.85. The zero-order chi connectivity index (χ0) is 9.14. The Kier molecular flexibility index (Phi) is 2.52. The lowest BCUT2D eigenvalue weighted by Crippen LogP contribution is -2.43. The number of rotatable bonds is 1. The summed E-state index contributed by atoms with van der Waals surface area (Å²) < 4.78 is 4.55. The van der Waals surface area contributed by atoms with E-state index in [4.69, 9.17) is 11.1 Å². The summed E-state index contributed by atoms with van der Waals surface area (Å²) in [6.07, 6.45) is 1.26. The van der Waals surface area contributed by atoms with Gasteiger partial charge in [0.1, 0.15) is 5.84 Å². The first-order chi connectivity index (χ1) is 5.66. The fourth-order valence-corrected chi connectivity index (χ4v) is 1.43. The highest BCUT2D eigenvalue weighted by Gasteiger charge is 2.31. The summed E-state index contributed by atoms with van der Waals surface area (Å²) in [4.78, 5) is 12.6. The van der Waals surface area contributed by atoms with E-state index in [0.29, 0.717) is 6.54 Å². The van der Waals surface area contributed by atoms with Crippen LogP contribution in [0, 0.1) is 5.41 Å². The summed E-state index contributed by atoms with van der Waals surface area (Å²) in [5.41, 5.74) is 5.31. The van der Waals surface area contributed by atoms with Gasteiger partial charge in [0.05, 0.1) is 13.2 Å². The Balaban J connectivity index is 2.63. The molecule has 1 saturated heterocycles. The molecular formula is C7H13N3O2. The topological polar surface area (TPSA) is 79.4 Å². The Morgan fingerprint density at radius 3 is 2.92 bits per heavy atom. The number of hydrogen-bond acceptors (Lipinski definition) is 3. The monoisotopic (exact) mass is 171 g/mol. The summed E-state index contributed by atoms with van der Waals surface area (Å²) in [5, 5.41) is 7.22. The minimum Gasteiger partial charge on any atom is -0.453 e. The van der Waals surface area contributed by atoms with Crippen LogP contribution in [0.5, 0.6) is 0 Å². The summed E-state index contributed by atoms with van der Waals surface area (Å²) in [5.74, 6) is 0.0397. The average molecular weight is 171 g/mol. The summed E-state index contributed by atoms with van der Waals surface area (Å²) >= 11 is 0. The highest BCUT2D eigenvalue weighted by atomic mass is 16.5. The quantitative estimate of drug-likeness (QED) is 0.435. The molecule has 0 bridgehead atoms. The van der Waals surface area contributed by atoms with Crippen molar-refractivity contribution in [2.24, 2.45) is 5.73 Å². The molecule has 0 saturated carbocycles. The van der Waals surface area contributed by atoms with Crippen LogP contribution < -0.4 is 5.73 Å². The fraction of sp³-hybridized carbons (Fsp3) is 0.714. The van der Waals surface area contributed by atoms with Crippen molar-refractivity contribution >= 4 is 11.9 Å². The normalized spacial score (nSPS) is 22.4. The largest absolute Gasteiger partial charge is 0.453 e. The van der Waals surface area contributed by atoms with Crippen LogP contribution in [0.3, 0.4) is 0 Å². The van der Waals surface area contributed by atoms with Crippen LogP contribution in [0.4, 0.5) is 4.79 Å². The second-order valence-electron chi connectivity index (χ2n) is 2.78. The van der Waals surface area contributed by atoms with Crippen LogP contribution >= 0.6 is 0 Å². The molecule has 1 atom stereocenters. The number of likely N-dealkylation sites (tertiary alicyclic amines) is 1. The van der Waals surface area contributed by atoms with E-state index in [1.165, 1.54) is 12.0 Å². The minimum atomic E-state index is -0.396. The number of nitrogens with one attached hydrogen (secondary N) is 1. The van der Waals surface area contributed by atoms with Gasteiger partial charge in [-0.15, -0.1) is 0 Å². The van der Waals surface area contributed by atoms with Crippen molar-refractivity contribution in [3.05, 3.63) is 0 Å². The van der Waals surface area contributed by atoms with Crippen molar-refractivity contribution in [1.29, 1.82) is 5.41 Å². The molecular weight excluding hydrogens is 158 g/mol. The molecule has 0 aromatic heterocycles. The lowest BCUT2D eigenvalue weighted by Gasteiger charge is -2.21. The zero-order valence-corrected chi connectivity index (χ0v) is 7.04. The van der Waals surface area contributed by atoms with Gasteiger partial charge in [0.15, 0.2) is 0 Å². The third-order valence-electron chi connectivity index (χ3n) is 2.02. The van der Waals surface area contributed by atoms with Crippen molar-refractivity contribution in [2.45, 2.75) is 18.9 Å². The van der Waals surface area contributed by atoms with E-state index in [1.54, 1.807) is 0 Å². The number of amidine groups is 1. The molecule has 0 aliphatic carbocycles. The summed E-state index contributed by atoms with van der Waals surface area (Å²) in [6, 6.07) is -0.252. The van der Waals surface area contributed by atoms with Gasteiger partial charge in [-0.2, -0.15) is 0 Å². The molecule has 0 aromatic carbocycles. The Labute approximate surface area is 71.0 Å². The van der Waals surface area contributed by atoms with Crippen LogP contribution in [0.15, 0.2) is 0 Å². The molecule has 1 rings (SSSR count). The second kappa shape index (κ2) is 3.42. The first kappa shape index (κ1) is 8.83. The maximum absolute atomic E-state index is 11.1. The van der Waals surface area contributed by atoms with Gasteiger partial charge in [-0.3, -0.25) is 10.3 Å². The Morgan fingerprint density at radius 2 is 2.42 bits per heavy atom. The van der Waals surface area contributed by atoms with E-state index in [-0.39, 0.29) is 11.9 Å². The standard InChI is InChI=1S/C7H13N3O2/c1-12-7(11)10-4-2-3-5(10)6(8)9/h5H,2-4H2,1H3,(H3,8,9). The fourth-order valence-electron chi connectivity index (χ4n) is 1.43. The number of nitrogens with zero attached hydrogens (tertiary/aromatic N) is 1. The van der Waals surface area contributed by atoms with Crippen LogP contribution in [-0.4, -0.2) is 36.5 Å². The van der Waals surface area contributed by atoms with E-state index in [2.05, 4.69) is 4.74 Å². The summed E-state index contributed by atoms with van der Waals surface area (Å²) in [7, 11) is 1.33. The molecule has 12 heavy (non-hydrogen) atoms. The highest BCUT2D eigenvalue weighted by Crippen LogP contribution is 2.17. The van der Waals surface area contributed by atoms with Gasteiger partial charge in [-0.1, -0.05) is 0 Å². The van der Waals surface area contributed by atoms with Gasteiger partial charge in [0.2, 0.25) is 0 Å². The predicted octanol–water partition coefficient (Wildman–Crippen LogP) is 0.153. The number of carbonyl (C=O) groups excluding carboxylic acids is 1. The predicted molar refractivity (Wildman–Crippen MR) is 44.0 cm³/mol. The number of carbonyl (C=O) groups is 1. The van der Waals surface area contributed by atoms with Gasteiger partial charge in [0.25, 0.3) is 0 Å². The van der Waals surface area contributed by atoms with E-state index < -0.39 is 6.09 Å². The maximum atomic E-state index is 11.1. The minimum absolute atomic E-state index is 0.0397. The number of nitrogens with two attached hydrogens (primary N) is 1. The highest BCUT2D eigenvalue weighted by molar-refractivity contribution is 5.86. The van der Waals surface area contributed by atoms with Crippen LogP contribution in [0.2, 0.25) is 0 Å². The van der Waals surface area contributed by atoms with Gasteiger partial charge in [0, 0.05) is 6.54 Å². The Hall–Kier alpha value is -1.26. The third-order valence-corrected chi connectivity index (χ3v) is 2.02. The van der Waals surface area contributed by atoms with Gasteiger partial charge < -0.3 is 10.5 Å². The molecule has 0 spiro atoms. The van der Waals surface area contributed by atoms with E-state index in [0.717, 1.165) is 12.8 Å². The third kappa shape index (κ3) is 1.49. The van der Waals surface area contributed by atoms with Crippen LogP contribution in [0.1, 0.15) is 12.8 Å². The van der Waals surface area contributed by atoms with Gasteiger partial charge >= 0.3 is 6.09 Å². The Morgan fingerprint density at radius 1 is 1.75 bits per heavy atom. The van der Waals surface area contributed by atoms with Gasteiger partial charge in [-0.05, 0) is 12.8 Å². The van der Waals surface area contributed by atoms with E-state index in [1.807, 2.05) is 0 Å². The van der Waals surface area contributed by atoms with Crippen molar-refractivity contribution < 1.29 is 9.53 Å². The number of amides is 1. The molecule has 0 radical (unpaired) electrons. The van der Waals surface area contributed by atoms with Crippen molar-refractivity contribution in [2.75, 3.05) is 13.7 Å². The molecule has 3 N–H and O–H groups in total.